The van der Waals surface area contributed by atoms with E-state index in [9.17, 15) is 9.18 Å². The predicted octanol–water partition coefficient (Wildman–Crippen LogP) is 2.41. The van der Waals surface area contributed by atoms with E-state index in [-0.39, 0.29) is 17.8 Å². The smallest absolute Gasteiger partial charge is 0.220 e. The molecule has 1 aromatic heterocycles. The molecule has 1 amide bonds. The van der Waals surface area contributed by atoms with Crippen molar-refractivity contribution in [3.05, 3.63) is 29.8 Å². The van der Waals surface area contributed by atoms with Gasteiger partial charge in [-0.25, -0.2) is 9.37 Å². The van der Waals surface area contributed by atoms with Gasteiger partial charge in [0.05, 0.1) is 17.1 Å². The van der Waals surface area contributed by atoms with Crippen LogP contribution in [0.25, 0.3) is 11.0 Å². The molecule has 1 fully saturated rings. The number of halogens is 2. The molecule has 0 spiro atoms. The van der Waals surface area contributed by atoms with Crippen LogP contribution >= 0.6 is 11.6 Å². The monoisotopic (exact) mass is 295 g/mol. The highest BCUT2D eigenvalue weighted by Gasteiger charge is 2.23. The average molecular weight is 296 g/mol. The van der Waals surface area contributed by atoms with Crippen molar-refractivity contribution in [2.75, 3.05) is 12.4 Å². The fourth-order valence-corrected chi connectivity index (χ4v) is 2.89. The van der Waals surface area contributed by atoms with Crippen molar-refractivity contribution >= 4 is 28.5 Å². The van der Waals surface area contributed by atoms with Gasteiger partial charge in [0.2, 0.25) is 5.91 Å². The number of carbonyl (C=O) groups is 1. The summed E-state index contributed by atoms with van der Waals surface area (Å²) in [4.78, 5) is 15.8. The molecule has 1 unspecified atom stereocenters. The Morgan fingerprint density at radius 3 is 3.05 bits per heavy atom. The second kappa shape index (κ2) is 5.40. The highest BCUT2D eigenvalue weighted by atomic mass is 35.5. The van der Waals surface area contributed by atoms with Crippen molar-refractivity contribution in [1.82, 2.24) is 14.9 Å². The number of aryl methyl sites for hydroxylation is 1. The first-order chi connectivity index (χ1) is 9.69. The maximum Gasteiger partial charge on any atom is 0.220 e. The minimum absolute atomic E-state index is 0.0655. The molecule has 0 aliphatic carbocycles. The molecule has 1 N–H and O–H groups in total. The number of nitrogens with one attached hydrogen (secondary N) is 1. The molecule has 6 heteroatoms. The summed E-state index contributed by atoms with van der Waals surface area (Å²) in [7, 11) is 0. The van der Waals surface area contributed by atoms with Crippen molar-refractivity contribution in [2.24, 2.45) is 0 Å². The van der Waals surface area contributed by atoms with E-state index >= 15 is 0 Å². The van der Waals surface area contributed by atoms with Crippen LogP contribution in [0.2, 0.25) is 0 Å². The van der Waals surface area contributed by atoms with E-state index in [4.69, 9.17) is 11.6 Å². The third kappa shape index (κ3) is 2.38. The Morgan fingerprint density at radius 2 is 2.35 bits per heavy atom. The number of hydrogen-bond acceptors (Lipinski definition) is 2. The van der Waals surface area contributed by atoms with Crippen molar-refractivity contribution in [3.63, 3.8) is 0 Å². The van der Waals surface area contributed by atoms with Crippen LogP contribution in [0, 0.1) is 5.82 Å². The summed E-state index contributed by atoms with van der Waals surface area (Å²) in [6, 6.07) is 4.70. The molecule has 3 rings (SSSR count). The summed E-state index contributed by atoms with van der Waals surface area (Å²) in [6.45, 7) is 0.552. The van der Waals surface area contributed by atoms with E-state index in [0.717, 1.165) is 23.3 Å². The maximum atomic E-state index is 13.5. The number of aromatic nitrogens is 2. The van der Waals surface area contributed by atoms with Gasteiger partial charge < -0.3 is 9.88 Å². The molecule has 0 bridgehead atoms. The third-order valence-corrected chi connectivity index (χ3v) is 3.84. The molecule has 4 nitrogen and oxygen atoms in total. The fourth-order valence-electron chi connectivity index (χ4n) is 2.72. The second-order valence-corrected chi connectivity index (χ2v) is 5.34. The van der Waals surface area contributed by atoms with E-state index < -0.39 is 0 Å². The number of piperidine rings is 1. The third-order valence-electron chi connectivity index (χ3n) is 3.65. The van der Waals surface area contributed by atoms with Gasteiger partial charge >= 0.3 is 0 Å². The number of rotatable bonds is 3. The second-order valence-electron chi connectivity index (χ2n) is 4.97. The van der Waals surface area contributed by atoms with Crippen molar-refractivity contribution in [3.8, 4) is 0 Å². The van der Waals surface area contributed by atoms with Crippen LogP contribution in [0.15, 0.2) is 18.2 Å². The molecule has 0 radical (unpaired) electrons. The molecule has 2 aromatic rings. The van der Waals surface area contributed by atoms with Crippen molar-refractivity contribution in [1.29, 1.82) is 0 Å². The normalized spacial score (nSPS) is 19.3. The Hall–Kier alpha value is -1.62. The lowest BCUT2D eigenvalue weighted by molar-refractivity contribution is -0.122. The van der Waals surface area contributed by atoms with Gasteiger partial charge in [0.15, 0.2) is 0 Å². The molecular formula is C14H15ClFN3O. The van der Waals surface area contributed by atoms with E-state index in [2.05, 4.69) is 10.3 Å². The Bertz CT molecular complexity index is 645. The van der Waals surface area contributed by atoms with Crippen LogP contribution < -0.4 is 5.32 Å². The number of amides is 1. The zero-order valence-corrected chi connectivity index (χ0v) is 11.7. The van der Waals surface area contributed by atoms with E-state index in [0.29, 0.717) is 25.3 Å². The number of carbonyl (C=O) groups excluding carboxylic acids is 1. The lowest BCUT2D eigenvalue weighted by Crippen LogP contribution is -2.36. The summed E-state index contributed by atoms with van der Waals surface area (Å²) in [5.41, 5.74) is 1.54. The van der Waals surface area contributed by atoms with Gasteiger partial charge in [0, 0.05) is 25.3 Å². The first-order valence-electron chi connectivity index (χ1n) is 6.68. The summed E-state index contributed by atoms with van der Waals surface area (Å²) < 4.78 is 15.5. The lowest BCUT2D eigenvalue weighted by atomic mass is 10.1. The number of benzene rings is 1. The van der Waals surface area contributed by atoms with Crippen LogP contribution in [-0.4, -0.2) is 27.9 Å². The Labute approximate surface area is 120 Å². The molecule has 1 saturated heterocycles. The highest BCUT2D eigenvalue weighted by Crippen LogP contribution is 2.26. The minimum atomic E-state index is -0.282. The van der Waals surface area contributed by atoms with Gasteiger partial charge in [-0.1, -0.05) is 0 Å². The molecule has 0 saturated carbocycles. The number of nitrogens with zero attached hydrogens (tertiary/aromatic N) is 2. The lowest BCUT2D eigenvalue weighted by Gasteiger charge is -2.26. The van der Waals surface area contributed by atoms with E-state index in [1.165, 1.54) is 12.1 Å². The number of alkyl halides is 1. The van der Waals surface area contributed by atoms with E-state index in [1.807, 2.05) is 4.57 Å². The van der Waals surface area contributed by atoms with Gasteiger partial charge in [-0.15, -0.1) is 11.6 Å². The fraction of sp³-hybridized carbons (Fsp3) is 0.429. The van der Waals surface area contributed by atoms with Gasteiger partial charge in [-0.05, 0) is 24.6 Å². The Morgan fingerprint density at radius 1 is 1.50 bits per heavy atom. The molecule has 1 atom stereocenters. The van der Waals surface area contributed by atoms with Gasteiger partial charge in [-0.3, -0.25) is 4.79 Å². The quantitative estimate of drug-likeness (QED) is 0.884. The molecule has 1 aromatic carbocycles. The Balaban J connectivity index is 2.07. The van der Waals surface area contributed by atoms with Gasteiger partial charge in [-0.2, -0.15) is 0 Å². The predicted molar refractivity (Wildman–Crippen MR) is 75.4 cm³/mol. The number of fused-ring (bicyclic) bond motifs is 1. The molecule has 106 valence electrons. The topological polar surface area (TPSA) is 46.9 Å². The van der Waals surface area contributed by atoms with Gasteiger partial charge in [0.1, 0.15) is 11.6 Å². The molecule has 1 aliphatic rings. The summed E-state index contributed by atoms with van der Waals surface area (Å²) >= 11 is 5.83. The standard InChI is InChI=1S/C14H15ClFN3O/c15-6-5-13-18-11-3-1-9(16)7-12(11)19(13)10-2-4-14(20)17-8-10/h1,3,7,10H,2,4-6,8H2,(H,17,20). The van der Waals surface area contributed by atoms with Crippen LogP contribution in [0.1, 0.15) is 24.7 Å². The van der Waals surface area contributed by atoms with Crippen LogP contribution in [-0.2, 0) is 11.2 Å². The first-order valence-corrected chi connectivity index (χ1v) is 7.21. The molecule has 2 heterocycles. The number of hydrogen-bond donors (Lipinski definition) is 1. The maximum absolute atomic E-state index is 13.5. The molecule has 20 heavy (non-hydrogen) atoms. The van der Waals surface area contributed by atoms with Crippen molar-refractivity contribution in [2.45, 2.75) is 25.3 Å². The van der Waals surface area contributed by atoms with Crippen LogP contribution in [0.4, 0.5) is 4.39 Å². The van der Waals surface area contributed by atoms with Crippen LogP contribution in [0.3, 0.4) is 0 Å². The minimum Gasteiger partial charge on any atom is -0.354 e. The zero-order valence-electron chi connectivity index (χ0n) is 10.9. The Kier molecular flexibility index (Phi) is 3.61. The largest absolute Gasteiger partial charge is 0.354 e. The zero-order chi connectivity index (χ0) is 14.1. The number of imidazole rings is 1. The highest BCUT2D eigenvalue weighted by molar-refractivity contribution is 6.17. The van der Waals surface area contributed by atoms with Crippen molar-refractivity contribution < 1.29 is 9.18 Å². The molecule has 1 aliphatic heterocycles. The van der Waals surface area contributed by atoms with E-state index in [1.54, 1.807) is 6.07 Å². The van der Waals surface area contributed by atoms with Crippen LogP contribution in [0.5, 0.6) is 0 Å². The molecular weight excluding hydrogens is 281 g/mol. The summed E-state index contributed by atoms with van der Waals surface area (Å²) in [5, 5.41) is 2.85. The summed E-state index contributed by atoms with van der Waals surface area (Å²) in [6.07, 6.45) is 1.85. The average Bonchev–Trinajstić information content (AvgIpc) is 2.78. The van der Waals surface area contributed by atoms with Gasteiger partial charge in [0.25, 0.3) is 0 Å². The summed E-state index contributed by atoms with van der Waals surface area (Å²) in [5.74, 6) is 1.10. The SMILES string of the molecule is O=C1CCC(n2c(CCCl)nc3ccc(F)cc32)CN1. The first kappa shape index (κ1) is 13.4.